The van der Waals surface area contributed by atoms with E-state index in [4.69, 9.17) is 0 Å². The highest BCUT2D eigenvalue weighted by atomic mass is 19.1. The lowest BCUT2D eigenvalue weighted by Crippen LogP contribution is -2.40. The minimum absolute atomic E-state index is 0.00445. The van der Waals surface area contributed by atoms with E-state index in [1.54, 1.807) is 4.90 Å². The van der Waals surface area contributed by atoms with Gasteiger partial charge in [-0.25, -0.2) is 4.39 Å². The number of halogens is 1. The Morgan fingerprint density at radius 2 is 1.83 bits per heavy atom. The first-order chi connectivity index (χ1) is 14.0. The van der Waals surface area contributed by atoms with Crippen LogP contribution in [0.4, 0.5) is 4.39 Å². The molecule has 1 aliphatic heterocycles. The molecule has 3 aromatic carbocycles. The van der Waals surface area contributed by atoms with Crippen LogP contribution in [0.3, 0.4) is 0 Å². The molecule has 3 aromatic rings. The van der Waals surface area contributed by atoms with Crippen molar-refractivity contribution in [2.75, 3.05) is 6.54 Å². The molecule has 0 aromatic heterocycles. The van der Waals surface area contributed by atoms with Crippen LogP contribution in [0.15, 0.2) is 66.7 Å². The molecule has 0 saturated carbocycles. The Morgan fingerprint density at radius 1 is 1.07 bits per heavy atom. The number of benzene rings is 3. The predicted octanol–water partition coefficient (Wildman–Crippen LogP) is 4.95. The van der Waals surface area contributed by atoms with Crippen molar-refractivity contribution in [3.63, 3.8) is 0 Å². The molecule has 3 nitrogen and oxygen atoms in total. The molecule has 4 heteroatoms. The lowest BCUT2D eigenvalue weighted by atomic mass is 9.87. The minimum atomic E-state index is -0.486. The third-order valence-electron chi connectivity index (χ3n) is 5.76. The Kier molecular flexibility index (Phi) is 5.34. The number of carbonyl (C=O) groups is 1. The number of rotatable bonds is 4. The molecule has 0 radical (unpaired) electrons. The summed E-state index contributed by atoms with van der Waals surface area (Å²) in [6.07, 6.45) is 1.78. The van der Waals surface area contributed by atoms with Crippen LogP contribution in [0.1, 0.15) is 40.3 Å². The lowest BCUT2D eigenvalue weighted by Gasteiger charge is -2.38. The van der Waals surface area contributed by atoms with Gasteiger partial charge in [0.15, 0.2) is 0 Å². The molecule has 1 heterocycles. The lowest BCUT2D eigenvalue weighted by molar-refractivity contribution is -0.133. The van der Waals surface area contributed by atoms with Gasteiger partial charge in [-0.05, 0) is 60.2 Å². The standard InChI is InChI=1S/C25H24FNO2/c1-17-6-2-3-7-18(17)10-13-24(29)27-15-14-19-8-4-5-9-21(19)25(27)22-16-20(26)11-12-23(22)28/h2-9,11-12,16,25,28H,10,13-15H2,1H3. The largest absolute Gasteiger partial charge is 0.508 e. The van der Waals surface area contributed by atoms with Crippen molar-refractivity contribution < 1.29 is 14.3 Å². The first kappa shape index (κ1) is 19.2. The van der Waals surface area contributed by atoms with E-state index in [0.29, 0.717) is 24.9 Å². The molecule has 0 aliphatic carbocycles. The second-order valence-electron chi connectivity index (χ2n) is 7.57. The number of aromatic hydroxyl groups is 1. The Hall–Kier alpha value is -3.14. The zero-order valence-electron chi connectivity index (χ0n) is 16.4. The molecular weight excluding hydrogens is 365 g/mol. The van der Waals surface area contributed by atoms with Gasteiger partial charge in [-0.2, -0.15) is 0 Å². The van der Waals surface area contributed by atoms with Crippen LogP contribution in [0.2, 0.25) is 0 Å². The molecular formula is C25H24FNO2. The van der Waals surface area contributed by atoms with Crippen molar-refractivity contribution >= 4 is 5.91 Å². The predicted molar refractivity (Wildman–Crippen MR) is 111 cm³/mol. The number of aryl methyl sites for hydroxylation is 2. The highest BCUT2D eigenvalue weighted by Crippen LogP contribution is 2.39. The average Bonchev–Trinajstić information content (AvgIpc) is 2.74. The van der Waals surface area contributed by atoms with E-state index in [0.717, 1.165) is 23.1 Å². The number of fused-ring (bicyclic) bond motifs is 1. The van der Waals surface area contributed by atoms with Crippen LogP contribution in [0, 0.1) is 12.7 Å². The SMILES string of the molecule is Cc1ccccc1CCC(=O)N1CCc2ccccc2C1c1cc(F)ccc1O. The van der Waals surface area contributed by atoms with Gasteiger partial charge >= 0.3 is 0 Å². The maximum atomic E-state index is 14.0. The molecule has 29 heavy (non-hydrogen) atoms. The smallest absolute Gasteiger partial charge is 0.223 e. The number of carbonyl (C=O) groups excluding carboxylic acids is 1. The molecule has 1 N–H and O–H groups in total. The fraction of sp³-hybridized carbons (Fsp3) is 0.240. The van der Waals surface area contributed by atoms with Crippen LogP contribution < -0.4 is 0 Å². The van der Waals surface area contributed by atoms with E-state index in [9.17, 15) is 14.3 Å². The fourth-order valence-corrected chi connectivity index (χ4v) is 4.19. The Bertz CT molecular complexity index is 1050. The number of phenols is 1. The van der Waals surface area contributed by atoms with Gasteiger partial charge in [-0.1, -0.05) is 48.5 Å². The Morgan fingerprint density at radius 3 is 2.66 bits per heavy atom. The number of hydrogen-bond donors (Lipinski definition) is 1. The number of phenolic OH excluding ortho intramolecular Hbond substituents is 1. The van der Waals surface area contributed by atoms with Crippen molar-refractivity contribution in [3.05, 3.63) is 100 Å². The van der Waals surface area contributed by atoms with E-state index >= 15 is 0 Å². The summed E-state index contributed by atoms with van der Waals surface area (Å²) in [5.74, 6) is -0.408. The molecule has 0 spiro atoms. The molecule has 1 atom stereocenters. The summed E-state index contributed by atoms with van der Waals surface area (Å²) in [5.41, 5.74) is 4.83. The molecule has 0 bridgehead atoms. The maximum Gasteiger partial charge on any atom is 0.223 e. The van der Waals surface area contributed by atoms with E-state index in [-0.39, 0.29) is 11.7 Å². The third-order valence-corrected chi connectivity index (χ3v) is 5.76. The van der Waals surface area contributed by atoms with Gasteiger partial charge in [0.1, 0.15) is 11.6 Å². The number of amides is 1. The van der Waals surface area contributed by atoms with Crippen molar-refractivity contribution in [2.45, 2.75) is 32.2 Å². The minimum Gasteiger partial charge on any atom is -0.508 e. The van der Waals surface area contributed by atoms with E-state index < -0.39 is 11.9 Å². The van der Waals surface area contributed by atoms with Crippen molar-refractivity contribution in [3.8, 4) is 5.75 Å². The zero-order valence-corrected chi connectivity index (χ0v) is 16.4. The first-order valence-corrected chi connectivity index (χ1v) is 9.95. The van der Waals surface area contributed by atoms with Crippen LogP contribution in [-0.4, -0.2) is 22.5 Å². The zero-order chi connectivity index (χ0) is 20.4. The average molecular weight is 389 g/mol. The van der Waals surface area contributed by atoms with E-state index in [1.807, 2.05) is 55.5 Å². The van der Waals surface area contributed by atoms with Gasteiger partial charge in [-0.15, -0.1) is 0 Å². The van der Waals surface area contributed by atoms with Gasteiger partial charge in [0, 0.05) is 18.5 Å². The number of hydrogen-bond acceptors (Lipinski definition) is 2. The van der Waals surface area contributed by atoms with Crippen LogP contribution in [0.25, 0.3) is 0 Å². The molecule has 4 rings (SSSR count). The van der Waals surface area contributed by atoms with Gasteiger partial charge in [-0.3, -0.25) is 4.79 Å². The van der Waals surface area contributed by atoms with Gasteiger partial charge in [0.2, 0.25) is 5.91 Å². The topological polar surface area (TPSA) is 40.5 Å². The first-order valence-electron chi connectivity index (χ1n) is 9.95. The quantitative estimate of drug-likeness (QED) is 0.686. The highest BCUT2D eigenvalue weighted by molar-refractivity contribution is 5.78. The molecule has 0 saturated heterocycles. The summed E-state index contributed by atoms with van der Waals surface area (Å²) in [6, 6.07) is 19.4. The molecule has 148 valence electrons. The summed E-state index contributed by atoms with van der Waals surface area (Å²) >= 11 is 0. The fourth-order valence-electron chi connectivity index (χ4n) is 4.19. The summed E-state index contributed by atoms with van der Waals surface area (Å²) in [7, 11) is 0. The third kappa shape index (κ3) is 3.88. The van der Waals surface area contributed by atoms with Crippen molar-refractivity contribution in [2.24, 2.45) is 0 Å². The van der Waals surface area contributed by atoms with Crippen LogP contribution in [-0.2, 0) is 17.6 Å². The van der Waals surface area contributed by atoms with Crippen molar-refractivity contribution in [1.29, 1.82) is 0 Å². The second-order valence-corrected chi connectivity index (χ2v) is 7.57. The summed E-state index contributed by atoms with van der Waals surface area (Å²) < 4.78 is 14.0. The van der Waals surface area contributed by atoms with Gasteiger partial charge < -0.3 is 10.0 Å². The molecule has 0 fully saturated rings. The Balaban J connectivity index is 1.67. The maximum absolute atomic E-state index is 14.0. The van der Waals surface area contributed by atoms with Crippen molar-refractivity contribution in [1.82, 2.24) is 4.90 Å². The number of nitrogens with zero attached hydrogens (tertiary/aromatic N) is 1. The second kappa shape index (κ2) is 8.08. The molecule has 1 unspecified atom stereocenters. The van der Waals surface area contributed by atoms with Crippen LogP contribution in [0.5, 0.6) is 5.75 Å². The summed E-state index contributed by atoms with van der Waals surface area (Å²) in [6.45, 7) is 2.59. The summed E-state index contributed by atoms with van der Waals surface area (Å²) in [5, 5.41) is 10.5. The van der Waals surface area contributed by atoms with Gasteiger partial charge in [0.05, 0.1) is 6.04 Å². The van der Waals surface area contributed by atoms with Crippen LogP contribution >= 0.6 is 0 Å². The van der Waals surface area contributed by atoms with Gasteiger partial charge in [0.25, 0.3) is 0 Å². The Labute approximate surface area is 170 Å². The molecule has 1 aliphatic rings. The molecule has 1 amide bonds. The summed E-state index contributed by atoms with van der Waals surface area (Å²) in [4.78, 5) is 15.0. The highest BCUT2D eigenvalue weighted by Gasteiger charge is 2.33. The van der Waals surface area contributed by atoms with E-state index in [1.165, 1.54) is 23.8 Å². The normalized spacial score (nSPS) is 15.8. The van der Waals surface area contributed by atoms with E-state index in [2.05, 4.69) is 0 Å². The monoisotopic (exact) mass is 389 g/mol.